The molecular weight excluding hydrogens is 500 g/mol. The van der Waals surface area contributed by atoms with Crippen LogP contribution in [0.5, 0.6) is 0 Å². The third kappa shape index (κ3) is 7.62. The van der Waals surface area contributed by atoms with E-state index in [4.69, 9.17) is 0 Å². The lowest BCUT2D eigenvalue weighted by molar-refractivity contribution is -0.680. The van der Waals surface area contributed by atoms with Gasteiger partial charge in [0.05, 0.1) is 51.0 Å². The van der Waals surface area contributed by atoms with Gasteiger partial charge in [0, 0.05) is 34.7 Å². The van der Waals surface area contributed by atoms with E-state index in [1.165, 1.54) is 0 Å². The number of hydrogen-bond acceptors (Lipinski definition) is 6. The van der Waals surface area contributed by atoms with Crippen LogP contribution >= 0.6 is 0 Å². The highest BCUT2D eigenvalue weighted by Crippen LogP contribution is 2.21. The summed E-state index contributed by atoms with van der Waals surface area (Å²) in [5.41, 5.74) is 3.86. The largest absolute Gasteiger partial charge is 0.421 e. The number of rotatable bonds is 15. The fourth-order valence-corrected chi connectivity index (χ4v) is 4.35. The molecule has 2 heterocycles. The first-order valence-electron chi connectivity index (χ1n) is 14.3. The Morgan fingerprint density at radius 2 is 0.975 bits per heavy atom. The summed E-state index contributed by atoms with van der Waals surface area (Å²) >= 11 is 0. The molecule has 2 aromatic carbocycles. The van der Waals surface area contributed by atoms with Crippen molar-refractivity contribution >= 4 is 34.6 Å². The SMILES string of the molecule is CCn1cc[n+](CC)c1N=Nc1ccc(NCCCCNc2ccc(N=Nc3n(CC)cc[n+]3CC)cc2)cc1. The van der Waals surface area contributed by atoms with Crippen LogP contribution in [-0.2, 0) is 26.2 Å². The molecule has 0 spiro atoms. The quantitative estimate of drug-likeness (QED) is 0.0954. The second-order valence-corrected chi connectivity index (χ2v) is 9.39. The Balaban J connectivity index is 1.16. The van der Waals surface area contributed by atoms with Crippen molar-refractivity contribution < 1.29 is 9.13 Å². The second kappa shape index (κ2) is 14.7. The maximum absolute atomic E-state index is 4.48. The molecule has 0 saturated carbocycles. The molecule has 4 aromatic rings. The van der Waals surface area contributed by atoms with Gasteiger partial charge in [-0.05, 0) is 89.1 Å². The number of imidazole rings is 2. The Labute approximate surface area is 237 Å². The molecule has 0 unspecified atom stereocenters. The minimum atomic E-state index is 0.842. The van der Waals surface area contributed by atoms with E-state index in [0.29, 0.717) is 0 Å². The smallest absolute Gasteiger partial charge is 0.385 e. The summed E-state index contributed by atoms with van der Waals surface area (Å²) in [4.78, 5) is 0. The van der Waals surface area contributed by atoms with E-state index in [-0.39, 0.29) is 0 Å². The summed E-state index contributed by atoms with van der Waals surface area (Å²) in [6, 6.07) is 16.2. The molecule has 0 radical (unpaired) electrons. The van der Waals surface area contributed by atoms with Gasteiger partial charge in [-0.3, -0.25) is 0 Å². The average Bonchev–Trinajstić information content (AvgIpc) is 3.60. The fraction of sp³-hybridized carbons (Fsp3) is 0.400. The number of nitrogens with zero attached hydrogens (tertiary/aromatic N) is 8. The highest BCUT2D eigenvalue weighted by molar-refractivity contribution is 5.51. The summed E-state index contributed by atoms with van der Waals surface area (Å²) in [6.45, 7) is 13.7. The van der Waals surface area contributed by atoms with Gasteiger partial charge in [-0.1, -0.05) is 10.2 Å². The number of benzene rings is 2. The third-order valence-electron chi connectivity index (χ3n) is 6.75. The van der Waals surface area contributed by atoms with Gasteiger partial charge in [0.15, 0.2) is 0 Å². The average molecular weight is 543 g/mol. The molecule has 2 aromatic heterocycles. The molecule has 210 valence electrons. The Hall–Kier alpha value is -4.34. The molecule has 0 fully saturated rings. The molecule has 10 nitrogen and oxygen atoms in total. The van der Waals surface area contributed by atoms with Gasteiger partial charge in [-0.2, -0.15) is 0 Å². The molecule has 0 aliphatic rings. The minimum Gasteiger partial charge on any atom is -0.385 e. The highest BCUT2D eigenvalue weighted by atomic mass is 15.3. The topological polar surface area (TPSA) is 91.1 Å². The van der Waals surface area contributed by atoms with E-state index < -0.39 is 0 Å². The van der Waals surface area contributed by atoms with E-state index in [1.54, 1.807) is 0 Å². The summed E-state index contributed by atoms with van der Waals surface area (Å²) in [5, 5.41) is 24.8. The molecule has 10 heteroatoms. The molecule has 0 aliphatic heterocycles. The van der Waals surface area contributed by atoms with Crippen LogP contribution in [0, 0.1) is 0 Å². The van der Waals surface area contributed by atoms with Crippen LogP contribution < -0.4 is 19.8 Å². The maximum atomic E-state index is 4.48. The zero-order valence-electron chi connectivity index (χ0n) is 24.2. The lowest BCUT2D eigenvalue weighted by Crippen LogP contribution is -2.30. The predicted molar refractivity (Wildman–Crippen MR) is 159 cm³/mol. The molecule has 2 N–H and O–H groups in total. The number of unbranched alkanes of at least 4 members (excludes halogenated alkanes) is 1. The van der Waals surface area contributed by atoms with Gasteiger partial charge in [0.25, 0.3) is 0 Å². The normalized spacial score (nSPS) is 11.6. The number of anilines is 2. The van der Waals surface area contributed by atoms with Crippen molar-refractivity contribution in [1.29, 1.82) is 0 Å². The summed E-state index contributed by atoms with van der Waals surface area (Å²) in [5.74, 6) is 1.73. The Morgan fingerprint density at radius 1 is 0.575 bits per heavy atom. The molecule has 0 saturated heterocycles. The monoisotopic (exact) mass is 542 g/mol. The summed E-state index contributed by atoms with van der Waals surface area (Å²) < 4.78 is 8.36. The van der Waals surface area contributed by atoms with Gasteiger partial charge >= 0.3 is 11.9 Å². The molecule has 0 bridgehead atoms. The summed E-state index contributed by atoms with van der Waals surface area (Å²) in [6.07, 6.45) is 10.3. The van der Waals surface area contributed by atoms with Crippen LogP contribution in [0.1, 0.15) is 40.5 Å². The van der Waals surface area contributed by atoms with E-state index >= 15 is 0 Å². The van der Waals surface area contributed by atoms with Crippen LogP contribution in [0.4, 0.5) is 34.6 Å². The molecular formula is C30H42N10+2. The van der Waals surface area contributed by atoms with Crippen LogP contribution in [-0.4, -0.2) is 22.2 Å². The lowest BCUT2D eigenvalue weighted by Gasteiger charge is -2.08. The van der Waals surface area contributed by atoms with E-state index in [2.05, 4.69) is 101 Å². The fourth-order valence-electron chi connectivity index (χ4n) is 4.35. The van der Waals surface area contributed by atoms with Crippen LogP contribution in [0.3, 0.4) is 0 Å². The number of aryl methyl sites for hydroxylation is 4. The Kier molecular flexibility index (Phi) is 10.5. The number of hydrogen-bond donors (Lipinski definition) is 2. The third-order valence-corrected chi connectivity index (χ3v) is 6.75. The van der Waals surface area contributed by atoms with Gasteiger partial charge in [0.1, 0.15) is 11.4 Å². The highest BCUT2D eigenvalue weighted by Gasteiger charge is 2.15. The van der Waals surface area contributed by atoms with E-state index in [0.717, 1.165) is 86.8 Å². The lowest BCUT2D eigenvalue weighted by atomic mass is 10.2. The van der Waals surface area contributed by atoms with Gasteiger partial charge < -0.3 is 10.6 Å². The summed E-state index contributed by atoms with van der Waals surface area (Å²) in [7, 11) is 0. The number of azo groups is 2. The number of aromatic nitrogens is 4. The Morgan fingerprint density at radius 3 is 1.32 bits per heavy atom. The van der Waals surface area contributed by atoms with E-state index in [1.807, 2.05) is 49.1 Å². The van der Waals surface area contributed by atoms with Gasteiger partial charge in [0.2, 0.25) is 0 Å². The minimum absolute atomic E-state index is 0.842. The van der Waals surface area contributed by atoms with Crippen molar-refractivity contribution in [2.75, 3.05) is 23.7 Å². The first-order chi connectivity index (χ1) is 19.6. The molecule has 0 atom stereocenters. The zero-order valence-corrected chi connectivity index (χ0v) is 24.2. The molecule has 0 aliphatic carbocycles. The Bertz CT molecular complexity index is 1230. The van der Waals surface area contributed by atoms with Crippen molar-refractivity contribution in [3.8, 4) is 0 Å². The molecule has 4 rings (SSSR count). The van der Waals surface area contributed by atoms with Gasteiger partial charge in [-0.25, -0.2) is 18.3 Å². The van der Waals surface area contributed by atoms with Crippen molar-refractivity contribution in [3.63, 3.8) is 0 Å². The molecule has 0 amide bonds. The first kappa shape index (κ1) is 28.7. The second-order valence-electron chi connectivity index (χ2n) is 9.39. The van der Waals surface area contributed by atoms with Crippen molar-refractivity contribution in [3.05, 3.63) is 73.3 Å². The van der Waals surface area contributed by atoms with Crippen LogP contribution in [0.2, 0.25) is 0 Å². The van der Waals surface area contributed by atoms with Gasteiger partial charge in [-0.15, -0.1) is 0 Å². The van der Waals surface area contributed by atoms with E-state index in [9.17, 15) is 0 Å². The maximum Gasteiger partial charge on any atom is 0.421 e. The van der Waals surface area contributed by atoms with Crippen molar-refractivity contribution in [1.82, 2.24) is 9.13 Å². The zero-order chi connectivity index (χ0) is 28.2. The number of nitrogens with one attached hydrogen (secondary N) is 2. The standard InChI is InChI=1S/C30H40N10/c1-5-37-21-22-38(6-2)29(37)35-33-27-15-11-25(12-16-27)31-19-9-10-20-32-26-13-17-28(18-14-26)34-36-30-39(7-3)23-24-40(30)8-4/h11-18,21-24H,5-10,19-20H2,1-4H3/p+2. The first-order valence-corrected chi connectivity index (χ1v) is 14.3. The van der Waals surface area contributed by atoms with Crippen LogP contribution in [0.15, 0.2) is 93.8 Å². The van der Waals surface area contributed by atoms with Crippen molar-refractivity contribution in [2.45, 2.75) is 66.7 Å². The molecule has 40 heavy (non-hydrogen) atoms. The predicted octanol–water partition coefficient (Wildman–Crippen LogP) is 7.08. The van der Waals surface area contributed by atoms with Crippen molar-refractivity contribution in [2.24, 2.45) is 20.5 Å². The van der Waals surface area contributed by atoms with Crippen LogP contribution in [0.25, 0.3) is 0 Å².